The zero-order valence-electron chi connectivity index (χ0n) is 16.2. The Labute approximate surface area is 184 Å². The van der Waals surface area contributed by atoms with E-state index in [0.29, 0.717) is 38.4 Å². The van der Waals surface area contributed by atoms with Crippen molar-refractivity contribution in [2.45, 2.75) is 12.3 Å². The summed E-state index contributed by atoms with van der Waals surface area (Å²) in [5.74, 6) is 0.508. The number of nitrogens with one attached hydrogen (secondary N) is 1. The monoisotopic (exact) mass is 461 g/mol. The molecule has 1 unspecified atom stereocenters. The Bertz CT molecular complexity index is 1270. The van der Waals surface area contributed by atoms with E-state index in [0.717, 1.165) is 12.3 Å². The van der Waals surface area contributed by atoms with E-state index in [9.17, 15) is 18.3 Å². The van der Waals surface area contributed by atoms with Crippen molar-refractivity contribution in [2.75, 3.05) is 11.9 Å². The summed E-state index contributed by atoms with van der Waals surface area (Å²) < 4.78 is 38.2. The molecule has 4 aromatic rings. The maximum absolute atomic E-state index is 12.7. The Hall–Kier alpha value is -3.34. The zero-order valence-corrected chi connectivity index (χ0v) is 16.9. The van der Waals surface area contributed by atoms with Crippen molar-refractivity contribution >= 4 is 34.0 Å². The van der Waals surface area contributed by atoms with Gasteiger partial charge in [0.05, 0.1) is 29.1 Å². The van der Waals surface area contributed by atoms with Gasteiger partial charge >= 0.3 is 6.18 Å². The van der Waals surface area contributed by atoms with Crippen molar-refractivity contribution in [1.82, 2.24) is 20.2 Å². The Morgan fingerprint density at radius 2 is 1.84 bits per heavy atom. The summed E-state index contributed by atoms with van der Waals surface area (Å²) >= 11 is 6.32. The van der Waals surface area contributed by atoms with Gasteiger partial charge in [-0.15, -0.1) is 5.10 Å². The van der Waals surface area contributed by atoms with Crippen LogP contribution in [0.1, 0.15) is 17.2 Å². The summed E-state index contributed by atoms with van der Waals surface area (Å²) in [5, 5.41) is 31.3. The van der Waals surface area contributed by atoms with Crippen molar-refractivity contribution in [3.05, 3.63) is 71.1 Å². The largest absolute Gasteiger partial charge is 0.417 e. The first kappa shape index (κ1) is 21.9. The maximum atomic E-state index is 12.7. The first-order valence-corrected chi connectivity index (χ1v) is 9.64. The SMILES string of the molecule is OCC(O)c1cnc(-c2ccc3c(Nc4ccc(C(F)(F)F)cn4)nncc3c2)c(Cl)c1. The highest BCUT2D eigenvalue weighted by atomic mass is 35.5. The molecule has 0 saturated carbocycles. The summed E-state index contributed by atoms with van der Waals surface area (Å²) in [6.07, 6.45) is -1.84. The summed E-state index contributed by atoms with van der Waals surface area (Å²) in [5.41, 5.74) is 0.694. The molecule has 7 nitrogen and oxygen atoms in total. The van der Waals surface area contributed by atoms with Crippen LogP contribution in [-0.4, -0.2) is 37.0 Å². The normalized spacial score (nSPS) is 12.7. The number of pyridine rings is 2. The van der Waals surface area contributed by atoms with Crippen molar-refractivity contribution in [1.29, 1.82) is 0 Å². The fourth-order valence-corrected chi connectivity index (χ4v) is 3.32. The number of aromatic nitrogens is 4. The lowest BCUT2D eigenvalue weighted by Gasteiger charge is -2.12. The van der Waals surface area contributed by atoms with E-state index in [2.05, 4.69) is 25.5 Å². The smallest absolute Gasteiger partial charge is 0.393 e. The fraction of sp³-hybridized carbons (Fsp3) is 0.143. The molecule has 11 heteroatoms. The van der Waals surface area contributed by atoms with E-state index in [-0.39, 0.29) is 5.82 Å². The van der Waals surface area contributed by atoms with Crippen LogP contribution in [0.3, 0.4) is 0 Å². The van der Waals surface area contributed by atoms with Crippen molar-refractivity contribution < 1.29 is 23.4 Å². The molecule has 4 rings (SSSR count). The highest BCUT2D eigenvalue weighted by Crippen LogP contribution is 2.33. The Balaban J connectivity index is 1.64. The van der Waals surface area contributed by atoms with Gasteiger partial charge < -0.3 is 15.5 Å². The molecule has 0 fully saturated rings. The first-order chi connectivity index (χ1) is 15.3. The van der Waals surface area contributed by atoms with Gasteiger partial charge in [0.25, 0.3) is 0 Å². The predicted molar refractivity (Wildman–Crippen MR) is 112 cm³/mol. The number of aliphatic hydroxyl groups excluding tert-OH is 2. The lowest BCUT2D eigenvalue weighted by molar-refractivity contribution is -0.137. The van der Waals surface area contributed by atoms with E-state index in [1.807, 2.05) is 0 Å². The average molecular weight is 462 g/mol. The van der Waals surface area contributed by atoms with Crippen molar-refractivity contribution in [3.63, 3.8) is 0 Å². The standard InChI is InChI=1S/C21H15ClF3N5O2/c22-16-6-13(17(32)10-31)7-27-19(16)11-1-3-15-12(5-11)8-28-30-20(15)29-18-4-2-14(9-26-18)21(23,24)25/h1-9,17,31-32H,10H2,(H,26,29,30). The first-order valence-electron chi connectivity index (χ1n) is 9.26. The fourth-order valence-electron chi connectivity index (χ4n) is 3.04. The van der Waals surface area contributed by atoms with Crippen LogP contribution in [0.25, 0.3) is 22.0 Å². The lowest BCUT2D eigenvalue weighted by atomic mass is 10.0. The number of rotatable bonds is 5. The number of anilines is 2. The van der Waals surface area contributed by atoms with E-state index < -0.39 is 24.5 Å². The summed E-state index contributed by atoms with van der Waals surface area (Å²) in [4.78, 5) is 8.07. The molecule has 3 aromatic heterocycles. The number of benzene rings is 1. The van der Waals surface area contributed by atoms with Crippen LogP contribution in [0.2, 0.25) is 5.02 Å². The molecule has 0 aliphatic heterocycles. The number of alkyl halides is 3. The molecule has 32 heavy (non-hydrogen) atoms. The molecule has 0 bridgehead atoms. The second kappa shape index (κ2) is 8.65. The highest BCUT2D eigenvalue weighted by molar-refractivity contribution is 6.33. The molecule has 0 aliphatic carbocycles. The van der Waals surface area contributed by atoms with Gasteiger partial charge in [-0.05, 0) is 30.3 Å². The molecular formula is C21H15ClF3N5O2. The second-order valence-electron chi connectivity index (χ2n) is 6.85. The molecule has 1 aromatic carbocycles. The molecule has 1 atom stereocenters. The third-order valence-electron chi connectivity index (χ3n) is 4.69. The number of aliphatic hydroxyl groups is 2. The molecule has 3 heterocycles. The van der Waals surface area contributed by atoms with Gasteiger partial charge in [0.2, 0.25) is 0 Å². The van der Waals surface area contributed by atoms with Gasteiger partial charge in [0.1, 0.15) is 11.9 Å². The molecule has 0 amide bonds. The van der Waals surface area contributed by atoms with Gasteiger partial charge in [0.15, 0.2) is 5.82 Å². The minimum absolute atomic E-state index is 0.187. The van der Waals surface area contributed by atoms with Gasteiger partial charge in [-0.2, -0.15) is 18.3 Å². The number of hydrogen-bond donors (Lipinski definition) is 3. The average Bonchev–Trinajstić information content (AvgIpc) is 2.78. The third-order valence-corrected chi connectivity index (χ3v) is 4.98. The van der Waals surface area contributed by atoms with Crippen molar-refractivity contribution in [2.24, 2.45) is 0 Å². The minimum Gasteiger partial charge on any atom is -0.393 e. The summed E-state index contributed by atoms with van der Waals surface area (Å²) in [6, 6.07) is 8.96. The number of halogens is 4. The summed E-state index contributed by atoms with van der Waals surface area (Å²) in [6.45, 7) is -0.449. The topological polar surface area (TPSA) is 104 Å². The van der Waals surface area contributed by atoms with E-state index in [1.54, 1.807) is 18.2 Å². The molecule has 0 spiro atoms. The third kappa shape index (κ3) is 4.47. The van der Waals surface area contributed by atoms with Gasteiger partial charge in [-0.25, -0.2) is 4.98 Å². The second-order valence-corrected chi connectivity index (χ2v) is 7.25. The highest BCUT2D eigenvalue weighted by Gasteiger charge is 2.30. The maximum Gasteiger partial charge on any atom is 0.417 e. The zero-order chi connectivity index (χ0) is 22.9. The van der Waals surface area contributed by atoms with Gasteiger partial charge in [-0.3, -0.25) is 4.98 Å². The Morgan fingerprint density at radius 1 is 1.03 bits per heavy atom. The van der Waals surface area contributed by atoms with E-state index in [1.165, 1.54) is 24.5 Å². The lowest BCUT2D eigenvalue weighted by Crippen LogP contribution is -2.06. The van der Waals surface area contributed by atoms with Crippen LogP contribution < -0.4 is 5.32 Å². The van der Waals surface area contributed by atoms with Crippen LogP contribution in [0.15, 0.2) is 55.0 Å². The van der Waals surface area contributed by atoms with E-state index in [4.69, 9.17) is 16.7 Å². The van der Waals surface area contributed by atoms with Crippen LogP contribution in [0.5, 0.6) is 0 Å². The summed E-state index contributed by atoms with van der Waals surface area (Å²) in [7, 11) is 0. The predicted octanol–water partition coefficient (Wildman–Crippen LogP) is 4.53. The number of nitrogens with zero attached hydrogens (tertiary/aromatic N) is 4. The molecular weight excluding hydrogens is 447 g/mol. The van der Waals surface area contributed by atoms with Gasteiger partial charge in [-0.1, -0.05) is 17.7 Å². The van der Waals surface area contributed by atoms with Crippen LogP contribution in [0.4, 0.5) is 24.8 Å². The molecule has 0 saturated heterocycles. The molecule has 164 valence electrons. The van der Waals surface area contributed by atoms with Crippen LogP contribution in [-0.2, 0) is 6.18 Å². The molecule has 0 aliphatic rings. The molecule has 3 N–H and O–H groups in total. The Kier molecular flexibility index (Phi) is 5.92. The number of fused-ring (bicyclic) bond motifs is 1. The minimum atomic E-state index is -4.47. The van der Waals surface area contributed by atoms with Crippen molar-refractivity contribution in [3.8, 4) is 11.3 Å². The quantitative estimate of drug-likeness (QED) is 0.401. The van der Waals surface area contributed by atoms with Crippen LogP contribution in [0, 0.1) is 0 Å². The number of hydrogen-bond acceptors (Lipinski definition) is 7. The van der Waals surface area contributed by atoms with Gasteiger partial charge in [0, 0.05) is 34.3 Å². The molecule has 0 radical (unpaired) electrons. The van der Waals surface area contributed by atoms with Crippen LogP contribution >= 0.6 is 11.6 Å². The Morgan fingerprint density at radius 3 is 2.50 bits per heavy atom. The van der Waals surface area contributed by atoms with E-state index >= 15 is 0 Å².